The first-order valence-electron chi connectivity index (χ1n) is 4.24. The molecule has 0 spiro atoms. The summed E-state index contributed by atoms with van der Waals surface area (Å²) in [6, 6.07) is 4.30. The number of hydrogen-bond donors (Lipinski definition) is 3. The van der Waals surface area contributed by atoms with Crippen LogP contribution in [0.3, 0.4) is 0 Å². The zero-order valence-electron chi connectivity index (χ0n) is 7.91. The number of carboxylic acids is 1. The maximum Gasteiger partial charge on any atom is 0.377 e. The molecule has 0 amide bonds. The minimum atomic E-state index is -1.30. The van der Waals surface area contributed by atoms with Crippen LogP contribution < -0.4 is 5.73 Å². The predicted molar refractivity (Wildman–Crippen MR) is 52.8 cm³/mol. The van der Waals surface area contributed by atoms with Crippen molar-refractivity contribution in [3.8, 4) is 17.2 Å². The van der Waals surface area contributed by atoms with E-state index >= 15 is 0 Å². The minimum Gasteiger partial charge on any atom is -0.507 e. The number of aromatic nitrogens is 2. The van der Waals surface area contributed by atoms with Gasteiger partial charge in [0.1, 0.15) is 5.75 Å². The van der Waals surface area contributed by atoms with Gasteiger partial charge in [-0.25, -0.2) is 4.79 Å². The Morgan fingerprint density at radius 3 is 2.75 bits per heavy atom. The number of nitrogen functional groups attached to an aromatic ring is 1. The molecule has 0 radical (unpaired) electrons. The van der Waals surface area contributed by atoms with Crippen LogP contribution in [0.15, 0.2) is 22.7 Å². The van der Waals surface area contributed by atoms with Gasteiger partial charge < -0.3 is 20.5 Å². The summed E-state index contributed by atoms with van der Waals surface area (Å²) in [5, 5.41) is 21.4. The lowest BCUT2D eigenvalue weighted by Crippen LogP contribution is -1.98. The maximum absolute atomic E-state index is 10.5. The molecular weight excluding hydrogens is 214 g/mol. The highest BCUT2D eigenvalue weighted by Crippen LogP contribution is 2.29. The van der Waals surface area contributed by atoms with Gasteiger partial charge in [0.25, 0.3) is 11.7 Å². The van der Waals surface area contributed by atoms with E-state index in [-0.39, 0.29) is 17.2 Å². The molecule has 7 nitrogen and oxygen atoms in total. The van der Waals surface area contributed by atoms with Crippen molar-refractivity contribution >= 4 is 11.7 Å². The van der Waals surface area contributed by atoms with Crippen molar-refractivity contribution in [2.45, 2.75) is 0 Å². The number of aromatic carboxylic acids is 1. The Morgan fingerprint density at radius 1 is 1.44 bits per heavy atom. The molecule has 7 heteroatoms. The summed E-state index contributed by atoms with van der Waals surface area (Å²) in [7, 11) is 0. The van der Waals surface area contributed by atoms with Crippen LogP contribution in [0.25, 0.3) is 11.5 Å². The number of anilines is 1. The highest BCUT2D eigenvalue weighted by Gasteiger charge is 2.16. The summed E-state index contributed by atoms with van der Waals surface area (Å²) >= 11 is 0. The Bertz CT molecular complexity index is 549. The van der Waals surface area contributed by atoms with Gasteiger partial charge in [0.05, 0.1) is 5.56 Å². The number of nitrogens with zero attached hydrogens (tertiary/aromatic N) is 2. The third kappa shape index (κ3) is 1.65. The summed E-state index contributed by atoms with van der Waals surface area (Å²) in [5.41, 5.74) is 6.04. The van der Waals surface area contributed by atoms with Crippen LogP contribution in [0.4, 0.5) is 5.69 Å². The fourth-order valence-electron chi connectivity index (χ4n) is 1.15. The molecule has 1 aromatic heterocycles. The molecular formula is C9H7N3O4. The smallest absolute Gasteiger partial charge is 0.377 e. The fraction of sp³-hybridized carbons (Fsp3) is 0. The van der Waals surface area contributed by atoms with Crippen molar-refractivity contribution in [3.63, 3.8) is 0 Å². The molecule has 0 saturated carbocycles. The molecule has 0 atom stereocenters. The standard InChI is InChI=1S/C9H7N3O4/c10-4-1-2-5(6(13)3-4)8-11-7(9(14)15)12-16-8/h1-3,13H,10H2,(H,14,15). The van der Waals surface area contributed by atoms with Crippen LogP contribution in [0, 0.1) is 0 Å². The number of benzene rings is 1. The number of carboxylic acid groups (broad SMARTS) is 1. The lowest BCUT2D eigenvalue weighted by Gasteiger charge is -1.99. The van der Waals surface area contributed by atoms with E-state index in [0.29, 0.717) is 5.69 Å². The Morgan fingerprint density at radius 2 is 2.19 bits per heavy atom. The first kappa shape index (κ1) is 9.97. The van der Waals surface area contributed by atoms with Crippen molar-refractivity contribution in [3.05, 3.63) is 24.0 Å². The van der Waals surface area contributed by atoms with Crippen LogP contribution in [0.5, 0.6) is 5.75 Å². The van der Waals surface area contributed by atoms with Gasteiger partial charge in [-0.1, -0.05) is 0 Å². The normalized spacial score (nSPS) is 10.2. The number of rotatable bonds is 2. The van der Waals surface area contributed by atoms with Crippen molar-refractivity contribution in [2.24, 2.45) is 0 Å². The first-order chi connectivity index (χ1) is 7.58. The van der Waals surface area contributed by atoms with Gasteiger partial charge in [-0.05, 0) is 17.3 Å². The van der Waals surface area contributed by atoms with E-state index in [1.165, 1.54) is 18.2 Å². The average molecular weight is 221 g/mol. The van der Waals surface area contributed by atoms with Crippen LogP contribution in [0.1, 0.15) is 10.6 Å². The van der Waals surface area contributed by atoms with Crippen LogP contribution >= 0.6 is 0 Å². The lowest BCUT2D eigenvalue weighted by molar-refractivity contribution is 0.0680. The van der Waals surface area contributed by atoms with Crippen LogP contribution in [0.2, 0.25) is 0 Å². The van der Waals surface area contributed by atoms with Gasteiger partial charge in [-0.2, -0.15) is 4.98 Å². The van der Waals surface area contributed by atoms with E-state index in [9.17, 15) is 9.90 Å². The Balaban J connectivity index is 2.46. The molecule has 1 aromatic carbocycles. The molecule has 0 unspecified atom stereocenters. The van der Waals surface area contributed by atoms with Gasteiger partial charge in [0, 0.05) is 11.8 Å². The molecule has 2 rings (SSSR count). The third-order valence-electron chi connectivity index (χ3n) is 1.87. The van der Waals surface area contributed by atoms with Gasteiger partial charge in [-0.3, -0.25) is 0 Å². The number of phenolic OH excluding ortho intramolecular Hbond substituents is 1. The molecule has 1 heterocycles. The second-order valence-electron chi connectivity index (χ2n) is 3.00. The van der Waals surface area contributed by atoms with E-state index in [1.807, 2.05) is 0 Å². The summed E-state index contributed by atoms with van der Waals surface area (Å²) < 4.78 is 4.69. The topological polar surface area (TPSA) is 122 Å². The molecule has 0 saturated heterocycles. The molecule has 0 bridgehead atoms. The zero-order valence-corrected chi connectivity index (χ0v) is 7.91. The fourth-order valence-corrected chi connectivity index (χ4v) is 1.15. The largest absolute Gasteiger partial charge is 0.507 e. The highest BCUT2D eigenvalue weighted by atomic mass is 16.5. The molecule has 16 heavy (non-hydrogen) atoms. The molecule has 0 aliphatic heterocycles. The SMILES string of the molecule is Nc1ccc(-c2nc(C(=O)O)no2)c(O)c1. The second kappa shape index (κ2) is 3.54. The molecule has 0 aliphatic rings. The summed E-state index contributed by atoms with van der Waals surface area (Å²) in [6.45, 7) is 0. The predicted octanol–water partition coefficient (Wildman–Crippen LogP) is 0.723. The number of carbonyl (C=O) groups is 1. The number of hydrogen-bond acceptors (Lipinski definition) is 6. The first-order valence-corrected chi connectivity index (χ1v) is 4.24. The Labute approximate surface area is 89.1 Å². The summed E-state index contributed by atoms with van der Waals surface area (Å²) in [6.07, 6.45) is 0. The lowest BCUT2D eigenvalue weighted by atomic mass is 10.2. The highest BCUT2D eigenvalue weighted by molar-refractivity contribution is 5.83. The molecule has 0 fully saturated rings. The Kier molecular flexibility index (Phi) is 2.20. The van der Waals surface area contributed by atoms with E-state index in [0.717, 1.165) is 0 Å². The van der Waals surface area contributed by atoms with E-state index in [2.05, 4.69) is 14.7 Å². The number of phenols is 1. The molecule has 0 aliphatic carbocycles. The van der Waals surface area contributed by atoms with Gasteiger partial charge in [0.15, 0.2) is 0 Å². The van der Waals surface area contributed by atoms with E-state index in [1.54, 1.807) is 0 Å². The monoisotopic (exact) mass is 221 g/mol. The quantitative estimate of drug-likeness (QED) is 0.638. The molecule has 4 N–H and O–H groups in total. The van der Waals surface area contributed by atoms with Crippen LogP contribution in [-0.4, -0.2) is 26.3 Å². The number of nitrogens with two attached hydrogens (primary N) is 1. The number of aromatic hydroxyl groups is 1. The maximum atomic E-state index is 10.5. The van der Waals surface area contributed by atoms with Crippen molar-refractivity contribution in [1.29, 1.82) is 0 Å². The average Bonchev–Trinajstić information content (AvgIpc) is 2.66. The van der Waals surface area contributed by atoms with E-state index in [4.69, 9.17) is 10.8 Å². The van der Waals surface area contributed by atoms with Crippen molar-refractivity contribution in [1.82, 2.24) is 10.1 Å². The minimum absolute atomic E-state index is 0.0742. The summed E-state index contributed by atoms with van der Waals surface area (Å²) in [5.74, 6) is -1.99. The molecule has 82 valence electrons. The van der Waals surface area contributed by atoms with Gasteiger partial charge in [-0.15, -0.1) is 0 Å². The van der Waals surface area contributed by atoms with E-state index < -0.39 is 11.8 Å². The van der Waals surface area contributed by atoms with Gasteiger partial charge in [0.2, 0.25) is 0 Å². The Hall–Kier alpha value is -2.57. The second-order valence-corrected chi connectivity index (χ2v) is 3.00. The molecule has 2 aromatic rings. The van der Waals surface area contributed by atoms with Crippen LogP contribution in [-0.2, 0) is 0 Å². The van der Waals surface area contributed by atoms with Crippen molar-refractivity contribution in [2.75, 3.05) is 5.73 Å². The zero-order chi connectivity index (χ0) is 11.7. The van der Waals surface area contributed by atoms with Crippen molar-refractivity contribution < 1.29 is 19.5 Å². The summed E-state index contributed by atoms with van der Waals surface area (Å²) in [4.78, 5) is 14.1. The third-order valence-corrected chi connectivity index (χ3v) is 1.87. The van der Waals surface area contributed by atoms with Gasteiger partial charge >= 0.3 is 5.97 Å².